The highest BCUT2D eigenvalue weighted by molar-refractivity contribution is 5.87. The van der Waals surface area contributed by atoms with Crippen LogP contribution in [0, 0.1) is 5.82 Å². The molecule has 0 spiro atoms. The van der Waals surface area contributed by atoms with Gasteiger partial charge in [-0.15, -0.1) is 0 Å². The first-order valence-corrected chi connectivity index (χ1v) is 6.22. The fourth-order valence-corrected chi connectivity index (χ4v) is 1.62. The Morgan fingerprint density at radius 3 is 2.68 bits per heavy atom. The summed E-state index contributed by atoms with van der Waals surface area (Å²) in [5, 5.41) is 8.76. The van der Waals surface area contributed by atoms with Gasteiger partial charge in [-0.3, -0.25) is 4.90 Å². The molecule has 0 fully saturated rings. The SMILES string of the molecule is CC(C)OCCN(C)Cc1ccc(C(=O)O)cc1F. The van der Waals surface area contributed by atoms with Crippen LogP contribution in [-0.2, 0) is 11.3 Å². The number of ether oxygens (including phenoxy) is 1. The number of carbonyl (C=O) groups is 1. The van der Waals surface area contributed by atoms with Gasteiger partial charge in [0, 0.05) is 18.7 Å². The molecule has 0 aliphatic carbocycles. The Balaban J connectivity index is 2.54. The van der Waals surface area contributed by atoms with E-state index in [1.165, 1.54) is 12.1 Å². The molecular weight excluding hydrogens is 249 g/mol. The summed E-state index contributed by atoms with van der Waals surface area (Å²) < 4.78 is 19.1. The van der Waals surface area contributed by atoms with Crippen molar-refractivity contribution in [3.8, 4) is 0 Å². The third kappa shape index (κ3) is 5.36. The zero-order valence-electron chi connectivity index (χ0n) is 11.5. The topological polar surface area (TPSA) is 49.8 Å². The molecule has 0 radical (unpaired) electrons. The van der Waals surface area contributed by atoms with Crippen LogP contribution in [0.3, 0.4) is 0 Å². The third-order valence-electron chi connectivity index (χ3n) is 2.66. The fourth-order valence-electron chi connectivity index (χ4n) is 1.62. The Bertz CT molecular complexity index is 435. The van der Waals surface area contributed by atoms with Gasteiger partial charge in [0.25, 0.3) is 0 Å². The van der Waals surface area contributed by atoms with E-state index in [4.69, 9.17) is 9.84 Å². The quantitative estimate of drug-likeness (QED) is 0.825. The highest BCUT2D eigenvalue weighted by Crippen LogP contribution is 2.12. The molecule has 0 atom stereocenters. The van der Waals surface area contributed by atoms with E-state index in [-0.39, 0.29) is 11.7 Å². The molecule has 0 aliphatic heterocycles. The molecule has 1 aromatic rings. The van der Waals surface area contributed by atoms with Gasteiger partial charge < -0.3 is 9.84 Å². The Labute approximate surface area is 112 Å². The zero-order valence-corrected chi connectivity index (χ0v) is 11.5. The van der Waals surface area contributed by atoms with Gasteiger partial charge in [-0.1, -0.05) is 6.07 Å². The molecule has 1 rings (SSSR count). The molecule has 5 heteroatoms. The lowest BCUT2D eigenvalue weighted by Gasteiger charge is -2.18. The third-order valence-corrected chi connectivity index (χ3v) is 2.66. The number of nitrogens with zero attached hydrogens (tertiary/aromatic N) is 1. The number of benzene rings is 1. The van der Waals surface area contributed by atoms with Crippen LogP contribution in [-0.4, -0.2) is 42.3 Å². The molecule has 0 bridgehead atoms. The molecule has 19 heavy (non-hydrogen) atoms. The first-order valence-electron chi connectivity index (χ1n) is 6.22. The average Bonchev–Trinajstić information content (AvgIpc) is 2.31. The first kappa shape index (κ1) is 15.6. The van der Waals surface area contributed by atoms with Crippen LogP contribution in [0.15, 0.2) is 18.2 Å². The molecule has 0 saturated carbocycles. The molecule has 106 valence electrons. The largest absolute Gasteiger partial charge is 0.478 e. The Hall–Kier alpha value is -1.46. The normalized spacial score (nSPS) is 11.3. The number of aromatic carboxylic acids is 1. The second-order valence-corrected chi connectivity index (χ2v) is 4.77. The molecule has 1 N–H and O–H groups in total. The molecule has 0 aromatic heterocycles. The highest BCUT2D eigenvalue weighted by atomic mass is 19.1. The number of halogens is 1. The minimum absolute atomic E-state index is 0.0351. The van der Waals surface area contributed by atoms with Gasteiger partial charge in [0.05, 0.1) is 18.3 Å². The van der Waals surface area contributed by atoms with Gasteiger partial charge in [0.2, 0.25) is 0 Å². The number of carboxylic acid groups (broad SMARTS) is 1. The second kappa shape index (κ2) is 7.21. The van der Waals surface area contributed by atoms with Gasteiger partial charge in [0.15, 0.2) is 0 Å². The summed E-state index contributed by atoms with van der Waals surface area (Å²) in [5.74, 6) is -1.61. The lowest BCUT2D eigenvalue weighted by molar-refractivity contribution is 0.0625. The first-order chi connectivity index (χ1) is 8.90. The Kier molecular flexibility index (Phi) is 5.92. The number of hydrogen-bond donors (Lipinski definition) is 1. The van der Waals surface area contributed by atoms with Crippen LogP contribution in [0.4, 0.5) is 4.39 Å². The predicted octanol–water partition coefficient (Wildman–Crippen LogP) is 2.38. The van der Waals surface area contributed by atoms with Crippen molar-refractivity contribution in [2.45, 2.75) is 26.5 Å². The van der Waals surface area contributed by atoms with Crippen molar-refractivity contribution in [3.05, 3.63) is 35.1 Å². The minimum Gasteiger partial charge on any atom is -0.478 e. The molecular formula is C14H20FNO3. The van der Waals surface area contributed by atoms with Gasteiger partial charge in [-0.25, -0.2) is 9.18 Å². The summed E-state index contributed by atoms with van der Waals surface area (Å²) in [4.78, 5) is 12.6. The summed E-state index contributed by atoms with van der Waals surface area (Å²) in [6.07, 6.45) is 0.181. The van der Waals surface area contributed by atoms with Gasteiger partial charge >= 0.3 is 5.97 Å². The predicted molar refractivity (Wildman–Crippen MR) is 70.8 cm³/mol. The van der Waals surface area contributed by atoms with Crippen LogP contribution in [0.25, 0.3) is 0 Å². The summed E-state index contributed by atoms with van der Waals surface area (Å²) in [7, 11) is 1.87. The van der Waals surface area contributed by atoms with E-state index >= 15 is 0 Å². The van der Waals surface area contributed by atoms with E-state index in [1.54, 1.807) is 0 Å². The second-order valence-electron chi connectivity index (χ2n) is 4.77. The zero-order chi connectivity index (χ0) is 14.4. The minimum atomic E-state index is -1.12. The van der Waals surface area contributed by atoms with Crippen LogP contribution < -0.4 is 0 Å². The fraction of sp³-hybridized carbons (Fsp3) is 0.500. The number of likely N-dealkylation sites (N-methyl/N-ethyl adjacent to an activating group) is 1. The van der Waals surface area contributed by atoms with Crippen molar-refractivity contribution >= 4 is 5.97 Å². The Morgan fingerprint density at radius 2 is 2.16 bits per heavy atom. The van der Waals surface area contributed by atoms with Crippen LogP contribution >= 0.6 is 0 Å². The van der Waals surface area contributed by atoms with Crippen molar-refractivity contribution in [1.29, 1.82) is 0 Å². The van der Waals surface area contributed by atoms with Crippen molar-refractivity contribution in [2.75, 3.05) is 20.2 Å². The van der Waals surface area contributed by atoms with Crippen molar-refractivity contribution in [1.82, 2.24) is 4.90 Å². The van der Waals surface area contributed by atoms with Crippen LogP contribution in [0.2, 0.25) is 0 Å². The lowest BCUT2D eigenvalue weighted by atomic mass is 10.1. The maximum Gasteiger partial charge on any atom is 0.335 e. The summed E-state index contributed by atoms with van der Waals surface area (Å²) in [6, 6.07) is 3.98. The molecule has 0 saturated heterocycles. The summed E-state index contributed by atoms with van der Waals surface area (Å²) >= 11 is 0. The van der Waals surface area contributed by atoms with Crippen molar-refractivity contribution in [3.63, 3.8) is 0 Å². The van der Waals surface area contributed by atoms with E-state index in [9.17, 15) is 9.18 Å². The Morgan fingerprint density at radius 1 is 1.47 bits per heavy atom. The van der Waals surface area contributed by atoms with E-state index < -0.39 is 11.8 Å². The summed E-state index contributed by atoms with van der Waals surface area (Å²) in [5.41, 5.74) is 0.448. The number of carboxylic acids is 1. The number of hydrogen-bond acceptors (Lipinski definition) is 3. The summed E-state index contributed by atoms with van der Waals surface area (Å²) in [6.45, 7) is 5.63. The molecule has 0 amide bonds. The maximum atomic E-state index is 13.7. The van der Waals surface area contributed by atoms with Crippen molar-refractivity contribution < 1.29 is 19.0 Å². The monoisotopic (exact) mass is 269 g/mol. The highest BCUT2D eigenvalue weighted by Gasteiger charge is 2.10. The number of rotatable bonds is 7. The van der Waals surface area contributed by atoms with Crippen LogP contribution in [0.1, 0.15) is 29.8 Å². The van der Waals surface area contributed by atoms with E-state index in [1.807, 2.05) is 25.8 Å². The molecule has 0 aliphatic rings. The smallest absolute Gasteiger partial charge is 0.335 e. The van der Waals surface area contributed by atoms with Gasteiger partial charge in [-0.2, -0.15) is 0 Å². The lowest BCUT2D eigenvalue weighted by Crippen LogP contribution is -2.24. The van der Waals surface area contributed by atoms with Crippen LogP contribution in [0.5, 0.6) is 0 Å². The average molecular weight is 269 g/mol. The van der Waals surface area contributed by atoms with Crippen molar-refractivity contribution in [2.24, 2.45) is 0 Å². The molecule has 4 nitrogen and oxygen atoms in total. The van der Waals surface area contributed by atoms with E-state index in [0.29, 0.717) is 25.3 Å². The van der Waals surface area contributed by atoms with Gasteiger partial charge in [0.1, 0.15) is 5.82 Å². The maximum absolute atomic E-state index is 13.7. The molecule has 0 unspecified atom stereocenters. The molecule has 0 heterocycles. The van der Waals surface area contributed by atoms with E-state index in [2.05, 4.69) is 0 Å². The van der Waals surface area contributed by atoms with E-state index in [0.717, 1.165) is 6.07 Å². The standard InChI is InChI=1S/C14H20FNO3/c1-10(2)19-7-6-16(3)9-12-5-4-11(14(17)18)8-13(12)15/h4-5,8,10H,6-7,9H2,1-3H3,(H,17,18). The molecule has 1 aromatic carbocycles. The van der Waals surface area contributed by atoms with Gasteiger partial charge in [-0.05, 0) is 33.0 Å².